The molecule has 0 saturated carbocycles. The lowest BCUT2D eigenvalue weighted by atomic mass is 9.67. The van der Waals surface area contributed by atoms with Crippen LogP contribution >= 0.6 is 0 Å². The van der Waals surface area contributed by atoms with E-state index in [4.69, 9.17) is 0 Å². The zero-order valence-electron chi connectivity index (χ0n) is 38.1. The van der Waals surface area contributed by atoms with Crippen molar-refractivity contribution >= 4 is 17.1 Å². The number of benzene rings is 11. The molecule has 11 aromatic carbocycles. The van der Waals surface area contributed by atoms with Crippen molar-refractivity contribution in [2.75, 3.05) is 4.90 Å². The van der Waals surface area contributed by atoms with Crippen LogP contribution in [0.1, 0.15) is 44.9 Å². The summed E-state index contributed by atoms with van der Waals surface area (Å²) in [5.41, 5.74) is 24.5. The Morgan fingerprint density at radius 1 is 0.275 bits per heavy atom. The number of nitrogens with zero attached hydrogens (tertiary/aromatic N) is 1. The van der Waals surface area contributed by atoms with E-state index >= 15 is 0 Å². The summed E-state index contributed by atoms with van der Waals surface area (Å²) in [6, 6.07) is 103. The zero-order chi connectivity index (χ0) is 45.7. The van der Waals surface area contributed by atoms with Crippen molar-refractivity contribution in [1.29, 1.82) is 0 Å². The van der Waals surface area contributed by atoms with Gasteiger partial charge in [0.15, 0.2) is 0 Å². The normalized spacial score (nSPS) is 13.8. The average molecular weight is 878 g/mol. The van der Waals surface area contributed by atoms with Gasteiger partial charge in [0.05, 0.1) is 11.1 Å². The van der Waals surface area contributed by atoms with Crippen molar-refractivity contribution in [3.8, 4) is 55.6 Å². The van der Waals surface area contributed by atoms with Gasteiger partial charge in [-0.25, -0.2) is 0 Å². The number of rotatable bonds is 9. The first-order valence-corrected chi connectivity index (χ1v) is 24.0. The highest BCUT2D eigenvalue weighted by atomic mass is 15.1. The molecule has 2 aliphatic rings. The van der Waals surface area contributed by atoms with E-state index in [-0.39, 0.29) is 5.92 Å². The van der Waals surface area contributed by atoms with Gasteiger partial charge in [-0.3, -0.25) is 0 Å². The summed E-state index contributed by atoms with van der Waals surface area (Å²) in [5, 5.41) is 0. The Bertz CT molecular complexity index is 3610. The molecule has 1 heteroatoms. The number of fused-ring (bicyclic) bond motifs is 6. The van der Waals surface area contributed by atoms with E-state index in [2.05, 4.69) is 284 Å². The molecule has 13 rings (SSSR count). The van der Waals surface area contributed by atoms with Crippen molar-refractivity contribution in [2.45, 2.75) is 11.3 Å². The van der Waals surface area contributed by atoms with E-state index in [9.17, 15) is 0 Å². The SMILES string of the molecule is c1ccc(-c2ccccc2-c2ccc(N(c3ccccc3)c3ccccc3-c3ccc4c(c3)C(c3ccc5c(c3)-c3ccccc3C5(c3ccccc3)c3ccccc3)c3ccccc3-4)cc2)cc1. The van der Waals surface area contributed by atoms with Crippen LogP contribution in [-0.4, -0.2) is 0 Å². The molecule has 0 amide bonds. The van der Waals surface area contributed by atoms with Crippen LogP contribution in [0.2, 0.25) is 0 Å². The maximum atomic E-state index is 2.51. The fourth-order valence-electron chi connectivity index (χ4n) is 11.7. The van der Waals surface area contributed by atoms with Crippen molar-refractivity contribution in [2.24, 2.45) is 0 Å². The van der Waals surface area contributed by atoms with E-state index in [0.717, 1.165) is 17.1 Å². The molecule has 1 atom stereocenters. The van der Waals surface area contributed by atoms with Crippen molar-refractivity contribution in [3.05, 3.63) is 318 Å². The van der Waals surface area contributed by atoms with Crippen LogP contribution in [0.3, 0.4) is 0 Å². The first-order valence-electron chi connectivity index (χ1n) is 24.0. The molecule has 0 heterocycles. The smallest absolute Gasteiger partial charge is 0.0713 e. The quantitative estimate of drug-likeness (QED) is 0.140. The molecule has 0 bridgehead atoms. The Morgan fingerprint density at radius 2 is 0.754 bits per heavy atom. The Labute approximate surface area is 404 Å². The van der Waals surface area contributed by atoms with E-state index in [1.807, 2.05) is 0 Å². The summed E-state index contributed by atoms with van der Waals surface area (Å²) in [7, 11) is 0. The van der Waals surface area contributed by atoms with Gasteiger partial charge in [0, 0.05) is 22.9 Å². The summed E-state index contributed by atoms with van der Waals surface area (Å²) in [6.45, 7) is 0. The third-order valence-corrected chi connectivity index (χ3v) is 14.7. The van der Waals surface area contributed by atoms with Crippen LogP contribution < -0.4 is 4.90 Å². The number of hydrogen-bond donors (Lipinski definition) is 0. The second-order valence-electron chi connectivity index (χ2n) is 18.3. The fraction of sp³-hybridized carbons (Fsp3) is 0.0294. The minimum absolute atomic E-state index is 0.0563. The summed E-state index contributed by atoms with van der Waals surface area (Å²) in [4.78, 5) is 2.41. The first-order chi connectivity index (χ1) is 34.3. The van der Waals surface area contributed by atoms with Gasteiger partial charge >= 0.3 is 0 Å². The standard InChI is InChI=1S/C68H47N/c1-5-21-47(22-6-1)55-29-13-14-30-56(55)48-37-41-54(42-38-48)69(53-27-11-4-12-28-53)66-36-20-18-31-57(66)49-39-43-59-58-32-15-16-34-61(58)67(63(59)45-49)50-40-44-65-62(46-50)60-33-17-19-35-64(60)68(65,51-23-7-2-8-24-51)52-25-9-3-10-26-52/h1-46,67H. The van der Waals surface area contributed by atoms with Gasteiger partial charge in [-0.1, -0.05) is 237 Å². The van der Waals surface area contributed by atoms with Gasteiger partial charge in [0.1, 0.15) is 0 Å². The lowest BCUT2D eigenvalue weighted by Gasteiger charge is -2.34. The van der Waals surface area contributed by atoms with Gasteiger partial charge in [-0.15, -0.1) is 0 Å². The summed E-state index contributed by atoms with van der Waals surface area (Å²) >= 11 is 0. The maximum absolute atomic E-state index is 2.51. The van der Waals surface area contributed by atoms with Crippen molar-refractivity contribution in [3.63, 3.8) is 0 Å². The maximum Gasteiger partial charge on any atom is 0.0713 e. The van der Waals surface area contributed by atoms with E-state index in [0.29, 0.717) is 0 Å². The van der Waals surface area contributed by atoms with E-state index in [1.54, 1.807) is 0 Å². The molecule has 324 valence electrons. The highest BCUT2D eigenvalue weighted by Crippen LogP contribution is 2.58. The topological polar surface area (TPSA) is 3.24 Å². The lowest BCUT2D eigenvalue weighted by molar-refractivity contribution is 0.767. The molecule has 2 aliphatic carbocycles. The van der Waals surface area contributed by atoms with Crippen molar-refractivity contribution in [1.82, 2.24) is 0 Å². The summed E-state index contributed by atoms with van der Waals surface area (Å²) < 4.78 is 0. The molecule has 69 heavy (non-hydrogen) atoms. The largest absolute Gasteiger partial charge is 0.310 e. The Hall–Kier alpha value is -8.78. The molecule has 0 aromatic heterocycles. The van der Waals surface area contributed by atoms with Gasteiger partial charge in [0.25, 0.3) is 0 Å². The predicted octanol–water partition coefficient (Wildman–Crippen LogP) is 17.7. The molecule has 0 aliphatic heterocycles. The summed E-state index contributed by atoms with van der Waals surface area (Å²) in [6.07, 6.45) is 0. The van der Waals surface area contributed by atoms with Crippen LogP contribution in [-0.2, 0) is 5.41 Å². The van der Waals surface area contributed by atoms with Gasteiger partial charge in [-0.2, -0.15) is 0 Å². The Balaban J connectivity index is 0.936. The monoisotopic (exact) mass is 877 g/mol. The zero-order valence-corrected chi connectivity index (χ0v) is 38.1. The van der Waals surface area contributed by atoms with Crippen LogP contribution in [0, 0.1) is 0 Å². The minimum atomic E-state index is -0.438. The molecule has 0 saturated heterocycles. The van der Waals surface area contributed by atoms with Crippen LogP contribution in [0.4, 0.5) is 17.1 Å². The minimum Gasteiger partial charge on any atom is -0.310 e. The van der Waals surface area contributed by atoms with Crippen molar-refractivity contribution < 1.29 is 0 Å². The van der Waals surface area contributed by atoms with Gasteiger partial charge in [0.2, 0.25) is 0 Å². The summed E-state index contributed by atoms with van der Waals surface area (Å²) in [5.74, 6) is 0.0563. The molecular weight excluding hydrogens is 831 g/mol. The van der Waals surface area contributed by atoms with Crippen LogP contribution in [0.25, 0.3) is 55.6 Å². The third kappa shape index (κ3) is 6.61. The van der Waals surface area contributed by atoms with Crippen LogP contribution in [0.5, 0.6) is 0 Å². The number of anilines is 3. The van der Waals surface area contributed by atoms with E-state index < -0.39 is 5.41 Å². The van der Waals surface area contributed by atoms with Gasteiger partial charge in [-0.05, 0) is 131 Å². The molecule has 0 spiro atoms. The molecular formula is C68H47N. The molecule has 1 unspecified atom stereocenters. The second kappa shape index (κ2) is 16.8. The highest BCUT2D eigenvalue weighted by Gasteiger charge is 2.46. The fourth-order valence-corrected chi connectivity index (χ4v) is 11.7. The molecule has 11 aromatic rings. The number of para-hydroxylation sites is 2. The highest BCUT2D eigenvalue weighted by molar-refractivity contribution is 5.93. The number of hydrogen-bond acceptors (Lipinski definition) is 1. The Kier molecular flexibility index (Phi) is 9.87. The molecule has 0 radical (unpaired) electrons. The third-order valence-electron chi connectivity index (χ3n) is 14.7. The second-order valence-corrected chi connectivity index (χ2v) is 18.3. The van der Waals surface area contributed by atoms with Gasteiger partial charge < -0.3 is 4.90 Å². The lowest BCUT2D eigenvalue weighted by Crippen LogP contribution is -2.28. The van der Waals surface area contributed by atoms with Crippen LogP contribution in [0.15, 0.2) is 279 Å². The molecule has 0 fully saturated rings. The predicted molar refractivity (Wildman–Crippen MR) is 288 cm³/mol. The molecule has 0 N–H and O–H groups in total. The van der Waals surface area contributed by atoms with E-state index in [1.165, 1.54) is 94.6 Å². The molecule has 1 nitrogen and oxygen atoms in total. The Morgan fingerprint density at radius 3 is 1.43 bits per heavy atom. The average Bonchev–Trinajstić information content (AvgIpc) is 3.92. The first kappa shape index (κ1) is 40.5.